The molecule has 1 saturated heterocycles. The Morgan fingerprint density at radius 1 is 1.40 bits per heavy atom. The van der Waals surface area contributed by atoms with Gasteiger partial charge in [-0.3, -0.25) is 4.90 Å². The molecule has 10 heavy (non-hydrogen) atoms. The zero-order valence-electron chi connectivity index (χ0n) is 7.81. The van der Waals surface area contributed by atoms with Gasteiger partial charge in [0.05, 0.1) is 0 Å². The van der Waals surface area contributed by atoms with Crippen molar-refractivity contribution in [1.82, 2.24) is 4.90 Å². The molecule has 1 aliphatic rings. The zero-order chi connectivity index (χ0) is 7.94. The van der Waals surface area contributed by atoms with E-state index in [0.717, 1.165) is 12.0 Å². The Kier molecular flexibility index (Phi) is 1.80. The van der Waals surface area contributed by atoms with Crippen LogP contribution in [0.2, 0.25) is 0 Å². The minimum Gasteiger partial charge on any atom is -0.298 e. The summed E-state index contributed by atoms with van der Waals surface area (Å²) in [5.41, 5.74) is 0.467. The van der Waals surface area contributed by atoms with E-state index in [9.17, 15) is 0 Å². The van der Waals surface area contributed by atoms with E-state index in [0.29, 0.717) is 5.54 Å². The van der Waals surface area contributed by atoms with E-state index < -0.39 is 0 Å². The van der Waals surface area contributed by atoms with Crippen LogP contribution in [0.3, 0.4) is 0 Å². The molecule has 0 aromatic rings. The first-order chi connectivity index (χ1) is 4.45. The first-order valence-corrected chi connectivity index (χ1v) is 4.18. The molecule has 0 aliphatic carbocycles. The molecule has 1 fully saturated rings. The van der Waals surface area contributed by atoms with Gasteiger partial charge in [-0.25, -0.2) is 0 Å². The van der Waals surface area contributed by atoms with Gasteiger partial charge in [0.15, 0.2) is 0 Å². The Balaban J connectivity index is 2.47. The van der Waals surface area contributed by atoms with Crippen LogP contribution in [0.1, 0.15) is 34.1 Å². The number of likely N-dealkylation sites (tertiary alicyclic amines) is 1. The number of rotatable bonds is 1. The van der Waals surface area contributed by atoms with E-state index in [4.69, 9.17) is 0 Å². The predicted octanol–water partition coefficient (Wildman–Crippen LogP) is 2.13. The summed E-state index contributed by atoms with van der Waals surface area (Å²) in [4.78, 5) is 2.48. The molecular formula is C9H19N. The molecule has 1 heteroatoms. The molecule has 1 heterocycles. The molecule has 0 aromatic heterocycles. The topological polar surface area (TPSA) is 3.24 Å². The summed E-state index contributed by atoms with van der Waals surface area (Å²) in [5, 5.41) is 0. The van der Waals surface area contributed by atoms with E-state index in [2.05, 4.69) is 39.6 Å². The Morgan fingerprint density at radius 2 is 1.90 bits per heavy atom. The van der Waals surface area contributed by atoms with Crippen LogP contribution >= 0.6 is 0 Å². The molecular weight excluding hydrogens is 122 g/mol. The van der Waals surface area contributed by atoms with Gasteiger partial charge in [0.25, 0.3) is 0 Å². The highest BCUT2D eigenvalue weighted by molar-refractivity contribution is 4.99. The van der Waals surface area contributed by atoms with Crippen LogP contribution in [0, 0.1) is 5.92 Å². The van der Waals surface area contributed by atoms with Crippen LogP contribution in [0.5, 0.6) is 0 Å². The van der Waals surface area contributed by atoms with Gasteiger partial charge in [-0.15, -0.1) is 0 Å². The second-order valence-corrected chi connectivity index (χ2v) is 4.44. The number of hydrogen-bond acceptors (Lipinski definition) is 1. The largest absolute Gasteiger partial charge is 0.298 e. The van der Waals surface area contributed by atoms with Crippen molar-refractivity contribution in [1.29, 1.82) is 0 Å². The van der Waals surface area contributed by atoms with E-state index in [1.54, 1.807) is 0 Å². The third-order valence-electron chi connectivity index (χ3n) is 2.93. The van der Waals surface area contributed by atoms with Gasteiger partial charge in [0.1, 0.15) is 0 Å². The summed E-state index contributed by atoms with van der Waals surface area (Å²) in [6, 6.07) is 0.829. The lowest BCUT2D eigenvalue weighted by Gasteiger charge is -2.55. The summed E-state index contributed by atoms with van der Waals surface area (Å²) in [6.45, 7) is 9.23. The van der Waals surface area contributed by atoms with Crippen LogP contribution in [0.4, 0.5) is 0 Å². The summed E-state index contributed by atoms with van der Waals surface area (Å²) in [5.74, 6) is 0.818. The average molecular weight is 141 g/mol. The van der Waals surface area contributed by atoms with Crippen molar-refractivity contribution in [2.45, 2.75) is 45.7 Å². The van der Waals surface area contributed by atoms with Crippen molar-refractivity contribution in [2.24, 2.45) is 5.92 Å². The Hall–Kier alpha value is -0.0400. The average Bonchev–Trinajstić information content (AvgIpc) is 1.82. The Labute approximate surface area is 64.4 Å². The molecule has 60 valence electrons. The molecule has 1 rings (SSSR count). The minimum atomic E-state index is 0.467. The normalized spacial score (nSPS) is 32.4. The molecule has 1 aliphatic heterocycles. The fourth-order valence-electron chi connectivity index (χ4n) is 1.81. The molecule has 0 radical (unpaired) electrons. The lowest BCUT2D eigenvalue weighted by molar-refractivity contribution is -0.0478. The summed E-state index contributed by atoms with van der Waals surface area (Å²) < 4.78 is 0. The monoisotopic (exact) mass is 141 g/mol. The van der Waals surface area contributed by atoms with Crippen molar-refractivity contribution in [3.63, 3.8) is 0 Å². The van der Waals surface area contributed by atoms with Crippen LogP contribution < -0.4 is 0 Å². The lowest BCUT2D eigenvalue weighted by atomic mass is 9.77. The second-order valence-electron chi connectivity index (χ2n) is 4.44. The van der Waals surface area contributed by atoms with Crippen molar-refractivity contribution in [2.75, 3.05) is 7.05 Å². The van der Waals surface area contributed by atoms with E-state index >= 15 is 0 Å². The number of nitrogens with zero attached hydrogens (tertiary/aromatic N) is 1. The van der Waals surface area contributed by atoms with Crippen LogP contribution in [-0.2, 0) is 0 Å². The van der Waals surface area contributed by atoms with Crippen LogP contribution in [-0.4, -0.2) is 23.5 Å². The van der Waals surface area contributed by atoms with Crippen molar-refractivity contribution in [3.8, 4) is 0 Å². The highest BCUT2D eigenvalue weighted by Crippen LogP contribution is 2.37. The van der Waals surface area contributed by atoms with Gasteiger partial charge in [-0.1, -0.05) is 13.8 Å². The van der Waals surface area contributed by atoms with Crippen molar-refractivity contribution >= 4 is 0 Å². The zero-order valence-corrected chi connectivity index (χ0v) is 7.81. The Morgan fingerprint density at radius 3 is 2.00 bits per heavy atom. The highest BCUT2D eigenvalue weighted by Gasteiger charge is 2.42. The van der Waals surface area contributed by atoms with Gasteiger partial charge in [0.2, 0.25) is 0 Å². The third kappa shape index (κ3) is 1.07. The molecule has 1 nitrogen and oxygen atoms in total. The third-order valence-corrected chi connectivity index (χ3v) is 2.93. The lowest BCUT2D eigenvalue weighted by Crippen LogP contribution is -2.62. The van der Waals surface area contributed by atoms with Crippen molar-refractivity contribution < 1.29 is 0 Å². The molecule has 0 saturated carbocycles. The maximum Gasteiger partial charge on any atom is 0.0168 e. The second kappa shape index (κ2) is 2.23. The fraction of sp³-hybridized carbons (Fsp3) is 1.00. The summed E-state index contributed by atoms with van der Waals surface area (Å²) >= 11 is 0. The molecule has 0 amide bonds. The van der Waals surface area contributed by atoms with Gasteiger partial charge < -0.3 is 0 Å². The standard InChI is InChI=1S/C9H19N/c1-7(2)8-6-9(3,4)10(8)5/h7-8H,6H2,1-5H3/t8-/m0/s1. The molecule has 1 atom stereocenters. The maximum absolute atomic E-state index is 2.48. The summed E-state index contributed by atoms with van der Waals surface area (Å²) in [7, 11) is 2.23. The molecule has 0 spiro atoms. The first kappa shape index (κ1) is 8.06. The van der Waals surface area contributed by atoms with E-state index in [-0.39, 0.29) is 0 Å². The summed E-state index contributed by atoms with van der Waals surface area (Å²) in [6.07, 6.45) is 1.36. The molecule has 0 aromatic carbocycles. The van der Waals surface area contributed by atoms with Gasteiger partial charge in [-0.2, -0.15) is 0 Å². The fourth-order valence-corrected chi connectivity index (χ4v) is 1.81. The van der Waals surface area contributed by atoms with Gasteiger partial charge in [0, 0.05) is 11.6 Å². The van der Waals surface area contributed by atoms with Crippen molar-refractivity contribution in [3.05, 3.63) is 0 Å². The molecule has 0 unspecified atom stereocenters. The minimum absolute atomic E-state index is 0.467. The van der Waals surface area contributed by atoms with Crippen LogP contribution in [0.25, 0.3) is 0 Å². The van der Waals surface area contributed by atoms with Gasteiger partial charge >= 0.3 is 0 Å². The highest BCUT2D eigenvalue weighted by atomic mass is 15.3. The number of hydrogen-bond donors (Lipinski definition) is 0. The maximum atomic E-state index is 2.48. The van der Waals surface area contributed by atoms with E-state index in [1.807, 2.05) is 0 Å². The Bertz CT molecular complexity index is 127. The smallest absolute Gasteiger partial charge is 0.0168 e. The predicted molar refractivity (Wildman–Crippen MR) is 45.1 cm³/mol. The molecule has 0 N–H and O–H groups in total. The quantitative estimate of drug-likeness (QED) is 0.540. The van der Waals surface area contributed by atoms with E-state index in [1.165, 1.54) is 6.42 Å². The first-order valence-electron chi connectivity index (χ1n) is 4.18. The van der Waals surface area contributed by atoms with Crippen LogP contribution in [0.15, 0.2) is 0 Å². The molecule has 0 bridgehead atoms. The van der Waals surface area contributed by atoms with Gasteiger partial charge in [-0.05, 0) is 33.2 Å². The SMILES string of the molecule is CC(C)[C@@H]1CC(C)(C)N1C.